The number of carbonyl (C=O) groups is 1. The van der Waals surface area contributed by atoms with Gasteiger partial charge in [0.25, 0.3) is 0 Å². The number of carboxylic acid groups (broad SMARTS) is 1. The predicted molar refractivity (Wildman–Crippen MR) is 73.2 cm³/mol. The molecule has 0 aliphatic heterocycles. The molecule has 4 heteroatoms. The molecule has 2 aromatic rings. The SMILES string of the molecule is C=Cc1ccc(C(=O)O)c(Nc2ccc(F)cc2)c1. The minimum Gasteiger partial charge on any atom is -0.478 e. The van der Waals surface area contributed by atoms with Crippen LogP contribution in [0.15, 0.2) is 49.0 Å². The third-order valence-electron chi connectivity index (χ3n) is 2.63. The Morgan fingerprint density at radius 1 is 1.21 bits per heavy atom. The average Bonchev–Trinajstić information content (AvgIpc) is 2.41. The Morgan fingerprint density at radius 2 is 1.89 bits per heavy atom. The van der Waals surface area contributed by atoms with Gasteiger partial charge in [0.2, 0.25) is 0 Å². The van der Waals surface area contributed by atoms with Crippen LogP contribution in [0.25, 0.3) is 6.08 Å². The van der Waals surface area contributed by atoms with Gasteiger partial charge in [0.1, 0.15) is 5.82 Å². The van der Waals surface area contributed by atoms with E-state index in [1.165, 1.54) is 18.2 Å². The molecule has 0 amide bonds. The summed E-state index contributed by atoms with van der Waals surface area (Å²) in [7, 11) is 0. The van der Waals surface area contributed by atoms with E-state index in [4.69, 9.17) is 5.11 Å². The summed E-state index contributed by atoms with van der Waals surface area (Å²) < 4.78 is 12.8. The van der Waals surface area contributed by atoms with Crippen molar-refractivity contribution in [2.75, 3.05) is 5.32 Å². The van der Waals surface area contributed by atoms with Crippen LogP contribution in [-0.2, 0) is 0 Å². The van der Waals surface area contributed by atoms with Crippen molar-refractivity contribution < 1.29 is 14.3 Å². The fourth-order valence-electron chi connectivity index (χ4n) is 1.67. The quantitative estimate of drug-likeness (QED) is 0.873. The number of carboxylic acids is 1. The van der Waals surface area contributed by atoms with E-state index >= 15 is 0 Å². The van der Waals surface area contributed by atoms with E-state index < -0.39 is 5.97 Å². The smallest absolute Gasteiger partial charge is 0.337 e. The maximum Gasteiger partial charge on any atom is 0.337 e. The van der Waals surface area contributed by atoms with Crippen molar-refractivity contribution in [1.29, 1.82) is 0 Å². The first-order valence-electron chi connectivity index (χ1n) is 5.62. The van der Waals surface area contributed by atoms with E-state index in [0.717, 1.165) is 5.56 Å². The molecule has 0 saturated heterocycles. The highest BCUT2D eigenvalue weighted by molar-refractivity contribution is 5.95. The van der Waals surface area contributed by atoms with Crippen molar-refractivity contribution in [1.82, 2.24) is 0 Å². The molecule has 96 valence electrons. The topological polar surface area (TPSA) is 49.3 Å². The number of aromatic carboxylic acids is 1. The molecule has 0 aliphatic carbocycles. The first kappa shape index (κ1) is 12.8. The molecule has 0 bridgehead atoms. The Kier molecular flexibility index (Phi) is 3.61. The summed E-state index contributed by atoms with van der Waals surface area (Å²) in [6.45, 7) is 3.64. The van der Waals surface area contributed by atoms with E-state index in [1.807, 2.05) is 0 Å². The van der Waals surface area contributed by atoms with Crippen LogP contribution in [0, 0.1) is 5.82 Å². The summed E-state index contributed by atoms with van der Waals surface area (Å²) in [4.78, 5) is 11.1. The molecular formula is C15H12FNO2. The van der Waals surface area contributed by atoms with Crippen LogP contribution in [0.5, 0.6) is 0 Å². The van der Waals surface area contributed by atoms with Crippen LogP contribution >= 0.6 is 0 Å². The second kappa shape index (κ2) is 5.35. The van der Waals surface area contributed by atoms with Gasteiger partial charge < -0.3 is 10.4 Å². The summed E-state index contributed by atoms with van der Waals surface area (Å²) >= 11 is 0. The van der Waals surface area contributed by atoms with Crippen molar-refractivity contribution >= 4 is 23.4 Å². The van der Waals surface area contributed by atoms with Crippen LogP contribution < -0.4 is 5.32 Å². The number of benzene rings is 2. The highest BCUT2D eigenvalue weighted by Gasteiger charge is 2.10. The van der Waals surface area contributed by atoms with E-state index in [9.17, 15) is 9.18 Å². The number of halogens is 1. The molecule has 0 aliphatic rings. The minimum absolute atomic E-state index is 0.148. The zero-order valence-corrected chi connectivity index (χ0v) is 10.1. The number of nitrogens with one attached hydrogen (secondary N) is 1. The van der Waals surface area contributed by atoms with Crippen molar-refractivity contribution in [3.05, 3.63) is 66.0 Å². The zero-order chi connectivity index (χ0) is 13.8. The van der Waals surface area contributed by atoms with Crippen LogP contribution in [-0.4, -0.2) is 11.1 Å². The predicted octanol–water partition coefficient (Wildman–Crippen LogP) is 3.91. The van der Waals surface area contributed by atoms with Gasteiger partial charge in [0.05, 0.1) is 11.3 Å². The molecule has 0 spiro atoms. The lowest BCUT2D eigenvalue weighted by molar-refractivity contribution is 0.0698. The van der Waals surface area contributed by atoms with Gasteiger partial charge in [0.15, 0.2) is 0 Å². The molecule has 0 aromatic heterocycles. The Hall–Kier alpha value is -2.62. The Bertz CT molecular complexity index is 621. The lowest BCUT2D eigenvalue weighted by Gasteiger charge is -2.10. The fourth-order valence-corrected chi connectivity index (χ4v) is 1.67. The van der Waals surface area contributed by atoms with Gasteiger partial charge in [0, 0.05) is 5.69 Å². The molecule has 0 unspecified atom stereocenters. The summed E-state index contributed by atoms with van der Waals surface area (Å²) in [5.41, 5.74) is 2.01. The lowest BCUT2D eigenvalue weighted by Crippen LogP contribution is -2.03. The fraction of sp³-hybridized carbons (Fsp3) is 0. The van der Waals surface area contributed by atoms with E-state index in [1.54, 1.807) is 30.3 Å². The molecule has 19 heavy (non-hydrogen) atoms. The van der Waals surface area contributed by atoms with Crippen molar-refractivity contribution in [3.8, 4) is 0 Å². The Labute approximate surface area is 110 Å². The maximum atomic E-state index is 12.8. The third-order valence-corrected chi connectivity index (χ3v) is 2.63. The third kappa shape index (κ3) is 2.98. The molecule has 0 radical (unpaired) electrons. The zero-order valence-electron chi connectivity index (χ0n) is 10.1. The first-order chi connectivity index (χ1) is 9.10. The van der Waals surface area contributed by atoms with Gasteiger partial charge in [-0.05, 0) is 42.0 Å². The molecular weight excluding hydrogens is 245 g/mol. The van der Waals surface area contributed by atoms with Crippen molar-refractivity contribution in [2.24, 2.45) is 0 Å². The molecule has 2 N–H and O–H groups in total. The number of hydrogen-bond acceptors (Lipinski definition) is 2. The maximum absolute atomic E-state index is 12.8. The highest BCUT2D eigenvalue weighted by atomic mass is 19.1. The standard InChI is InChI=1S/C15H12FNO2/c1-2-10-3-8-13(15(18)19)14(9-10)17-12-6-4-11(16)5-7-12/h2-9,17H,1H2,(H,18,19). The second-order valence-electron chi connectivity index (χ2n) is 3.95. The van der Waals surface area contributed by atoms with Gasteiger partial charge in [-0.3, -0.25) is 0 Å². The second-order valence-corrected chi connectivity index (χ2v) is 3.95. The molecule has 2 rings (SSSR count). The number of hydrogen-bond donors (Lipinski definition) is 2. The summed E-state index contributed by atoms with van der Waals surface area (Å²) in [5.74, 6) is -1.37. The molecule has 0 heterocycles. The Balaban J connectivity index is 2.39. The highest BCUT2D eigenvalue weighted by Crippen LogP contribution is 2.23. The van der Waals surface area contributed by atoms with Crippen LogP contribution in [0.1, 0.15) is 15.9 Å². The normalized spacial score (nSPS) is 9.95. The monoisotopic (exact) mass is 257 g/mol. The van der Waals surface area contributed by atoms with Gasteiger partial charge in [-0.15, -0.1) is 0 Å². The minimum atomic E-state index is -1.03. The summed E-state index contributed by atoms with van der Waals surface area (Å²) in [6, 6.07) is 10.6. The molecule has 0 fully saturated rings. The van der Waals surface area contributed by atoms with Gasteiger partial charge in [-0.2, -0.15) is 0 Å². The largest absolute Gasteiger partial charge is 0.478 e. The van der Waals surface area contributed by atoms with E-state index in [2.05, 4.69) is 11.9 Å². The molecule has 0 saturated carbocycles. The average molecular weight is 257 g/mol. The van der Waals surface area contributed by atoms with Crippen molar-refractivity contribution in [2.45, 2.75) is 0 Å². The molecule has 0 atom stereocenters. The first-order valence-corrected chi connectivity index (χ1v) is 5.62. The van der Waals surface area contributed by atoms with Gasteiger partial charge >= 0.3 is 5.97 Å². The lowest BCUT2D eigenvalue weighted by atomic mass is 10.1. The molecule has 3 nitrogen and oxygen atoms in total. The van der Waals surface area contributed by atoms with Crippen LogP contribution in [0.2, 0.25) is 0 Å². The van der Waals surface area contributed by atoms with Crippen LogP contribution in [0.3, 0.4) is 0 Å². The van der Waals surface area contributed by atoms with Gasteiger partial charge in [-0.25, -0.2) is 9.18 Å². The molecule has 2 aromatic carbocycles. The summed E-state index contributed by atoms with van der Waals surface area (Å²) in [6.07, 6.45) is 1.63. The summed E-state index contributed by atoms with van der Waals surface area (Å²) in [5, 5.41) is 12.1. The van der Waals surface area contributed by atoms with Crippen LogP contribution in [0.4, 0.5) is 15.8 Å². The number of rotatable bonds is 4. The number of anilines is 2. The van der Waals surface area contributed by atoms with E-state index in [-0.39, 0.29) is 11.4 Å². The van der Waals surface area contributed by atoms with Gasteiger partial charge in [-0.1, -0.05) is 18.7 Å². The van der Waals surface area contributed by atoms with Crippen molar-refractivity contribution in [3.63, 3.8) is 0 Å². The van der Waals surface area contributed by atoms with E-state index in [0.29, 0.717) is 11.4 Å². The Morgan fingerprint density at radius 3 is 2.47 bits per heavy atom.